The quantitative estimate of drug-likeness (QED) is 0.659. The SMILES string of the molecule is C=CCN(C[C@H]1CC1C1CC=CCC1)C(=O)CC. The van der Waals surface area contributed by atoms with Crippen molar-refractivity contribution in [3.63, 3.8) is 0 Å². The van der Waals surface area contributed by atoms with Gasteiger partial charge in [-0.2, -0.15) is 0 Å². The molecule has 0 aromatic rings. The van der Waals surface area contributed by atoms with E-state index in [1.165, 1.54) is 25.7 Å². The van der Waals surface area contributed by atoms with Crippen LogP contribution in [0.4, 0.5) is 0 Å². The van der Waals surface area contributed by atoms with E-state index in [1.54, 1.807) is 0 Å². The van der Waals surface area contributed by atoms with Gasteiger partial charge in [-0.1, -0.05) is 25.2 Å². The van der Waals surface area contributed by atoms with Gasteiger partial charge in [0.15, 0.2) is 0 Å². The number of hydrogen-bond donors (Lipinski definition) is 0. The number of carbonyl (C=O) groups excluding carboxylic acids is 1. The Labute approximate surface area is 111 Å². The van der Waals surface area contributed by atoms with Crippen LogP contribution in [0.15, 0.2) is 24.8 Å². The smallest absolute Gasteiger partial charge is 0.222 e. The lowest BCUT2D eigenvalue weighted by Crippen LogP contribution is -2.33. The molecule has 1 amide bonds. The number of allylic oxidation sites excluding steroid dienone is 2. The van der Waals surface area contributed by atoms with Crippen molar-refractivity contribution in [3.05, 3.63) is 24.8 Å². The highest BCUT2D eigenvalue weighted by molar-refractivity contribution is 5.76. The predicted octanol–water partition coefficient (Wildman–Crippen LogP) is 3.40. The molecule has 1 fully saturated rings. The molecule has 0 N–H and O–H groups in total. The summed E-state index contributed by atoms with van der Waals surface area (Å²) in [6, 6.07) is 0. The zero-order valence-electron chi connectivity index (χ0n) is 11.5. The Morgan fingerprint density at radius 3 is 2.94 bits per heavy atom. The fraction of sp³-hybridized carbons (Fsp3) is 0.688. The van der Waals surface area contributed by atoms with Gasteiger partial charge in [0, 0.05) is 19.5 Å². The van der Waals surface area contributed by atoms with Crippen LogP contribution in [0, 0.1) is 17.8 Å². The lowest BCUT2D eigenvalue weighted by molar-refractivity contribution is -0.130. The average molecular weight is 247 g/mol. The maximum atomic E-state index is 11.8. The second-order valence-corrected chi connectivity index (χ2v) is 5.65. The topological polar surface area (TPSA) is 20.3 Å². The van der Waals surface area contributed by atoms with Crippen molar-refractivity contribution in [2.75, 3.05) is 13.1 Å². The van der Waals surface area contributed by atoms with E-state index < -0.39 is 0 Å². The molecule has 2 aliphatic carbocycles. The minimum atomic E-state index is 0.268. The highest BCUT2D eigenvalue weighted by Crippen LogP contribution is 2.48. The van der Waals surface area contributed by atoms with Crippen molar-refractivity contribution >= 4 is 5.91 Å². The van der Waals surface area contributed by atoms with Gasteiger partial charge in [0.2, 0.25) is 5.91 Å². The molecule has 2 rings (SSSR count). The zero-order chi connectivity index (χ0) is 13.0. The van der Waals surface area contributed by atoms with Crippen molar-refractivity contribution in [2.45, 2.75) is 39.0 Å². The Kier molecular flexibility index (Phi) is 4.62. The van der Waals surface area contributed by atoms with Crippen LogP contribution in [0.3, 0.4) is 0 Å². The van der Waals surface area contributed by atoms with Crippen LogP contribution >= 0.6 is 0 Å². The van der Waals surface area contributed by atoms with Crippen molar-refractivity contribution in [3.8, 4) is 0 Å². The molecular formula is C16H25NO. The van der Waals surface area contributed by atoms with E-state index in [2.05, 4.69) is 18.7 Å². The number of amides is 1. The van der Waals surface area contributed by atoms with Crippen molar-refractivity contribution in [1.82, 2.24) is 4.90 Å². The number of rotatable bonds is 6. The third kappa shape index (κ3) is 3.24. The maximum Gasteiger partial charge on any atom is 0.222 e. The number of hydrogen-bond acceptors (Lipinski definition) is 1. The van der Waals surface area contributed by atoms with Crippen LogP contribution in [-0.2, 0) is 4.79 Å². The first-order valence-corrected chi connectivity index (χ1v) is 7.30. The monoisotopic (exact) mass is 247 g/mol. The van der Waals surface area contributed by atoms with Crippen LogP contribution < -0.4 is 0 Å². The third-order valence-electron chi connectivity index (χ3n) is 4.35. The van der Waals surface area contributed by atoms with E-state index in [9.17, 15) is 4.79 Å². The second kappa shape index (κ2) is 6.21. The highest BCUT2D eigenvalue weighted by atomic mass is 16.2. The van der Waals surface area contributed by atoms with Crippen LogP contribution in [0.5, 0.6) is 0 Å². The zero-order valence-corrected chi connectivity index (χ0v) is 11.5. The van der Waals surface area contributed by atoms with Gasteiger partial charge in [0.1, 0.15) is 0 Å². The lowest BCUT2D eigenvalue weighted by Gasteiger charge is -2.22. The maximum absolute atomic E-state index is 11.8. The molecule has 18 heavy (non-hydrogen) atoms. The molecule has 0 aromatic heterocycles. The van der Waals surface area contributed by atoms with Gasteiger partial charge in [-0.15, -0.1) is 6.58 Å². The summed E-state index contributed by atoms with van der Waals surface area (Å²) in [6.07, 6.45) is 12.3. The van der Waals surface area contributed by atoms with Crippen molar-refractivity contribution < 1.29 is 4.79 Å². The fourth-order valence-electron chi connectivity index (χ4n) is 3.20. The van der Waals surface area contributed by atoms with Gasteiger partial charge in [0.05, 0.1) is 0 Å². The summed E-state index contributed by atoms with van der Waals surface area (Å²) in [5.41, 5.74) is 0. The first-order chi connectivity index (χ1) is 8.76. The fourth-order valence-corrected chi connectivity index (χ4v) is 3.20. The Bertz CT molecular complexity index is 334. The van der Waals surface area contributed by atoms with Crippen molar-refractivity contribution in [1.29, 1.82) is 0 Å². The van der Waals surface area contributed by atoms with Crippen LogP contribution in [-0.4, -0.2) is 23.9 Å². The molecule has 0 heterocycles. The molecule has 0 spiro atoms. The summed E-state index contributed by atoms with van der Waals surface area (Å²) in [5, 5.41) is 0. The largest absolute Gasteiger partial charge is 0.339 e. The molecule has 0 aromatic carbocycles. The Hall–Kier alpha value is -1.05. The van der Waals surface area contributed by atoms with Crippen LogP contribution in [0.25, 0.3) is 0 Å². The summed E-state index contributed by atoms with van der Waals surface area (Å²) in [7, 11) is 0. The van der Waals surface area contributed by atoms with Gasteiger partial charge < -0.3 is 4.90 Å². The Balaban J connectivity index is 1.81. The standard InChI is InChI=1S/C16H25NO/c1-3-10-17(16(18)4-2)12-14-11-15(14)13-8-6-5-7-9-13/h3,5-6,13-15H,1,4,7-12H2,2H3/t13?,14-,15?/m1/s1. The first kappa shape index (κ1) is 13.4. The van der Waals surface area contributed by atoms with E-state index in [4.69, 9.17) is 0 Å². The molecule has 2 heteroatoms. The molecule has 0 aliphatic heterocycles. The van der Waals surface area contributed by atoms with Gasteiger partial charge in [-0.25, -0.2) is 0 Å². The summed E-state index contributed by atoms with van der Waals surface area (Å²) in [4.78, 5) is 13.8. The molecule has 100 valence electrons. The van der Waals surface area contributed by atoms with Crippen LogP contribution in [0.2, 0.25) is 0 Å². The van der Waals surface area contributed by atoms with Crippen LogP contribution in [0.1, 0.15) is 39.0 Å². The predicted molar refractivity (Wildman–Crippen MR) is 75.1 cm³/mol. The van der Waals surface area contributed by atoms with Crippen molar-refractivity contribution in [2.24, 2.45) is 17.8 Å². The van der Waals surface area contributed by atoms with Gasteiger partial charge >= 0.3 is 0 Å². The van der Waals surface area contributed by atoms with E-state index in [0.717, 1.165) is 24.3 Å². The lowest BCUT2D eigenvalue weighted by atomic mass is 9.89. The summed E-state index contributed by atoms with van der Waals surface area (Å²) in [5.74, 6) is 2.76. The summed E-state index contributed by atoms with van der Waals surface area (Å²) >= 11 is 0. The van der Waals surface area contributed by atoms with E-state index in [1.807, 2.05) is 17.9 Å². The third-order valence-corrected chi connectivity index (χ3v) is 4.35. The highest BCUT2D eigenvalue weighted by Gasteiger charge is 2.43. The average Bonchev–Trinajstić information content (AvgIpc) is 3.18. The van der Waals surface area contributed by atoms with E-state index >= 15 is 0 Å². The first-order valence-electron chi connectivity index (χ1n) is 7.30. The summed E-state index contributed by atoms with van der Waals surface area (Å²) in [6.45, 7) is 7.35. The Morgan fingerprint density at radius 1 is 1.50 bits per heavy atom. The minimum absolute atomic E-state index is 0.268. The van der Waals surface area contributed by atoms with E-state index in [0.29, 0.717) is 13.0 Å². The van der Waals surface area contributed by atoms with Gasteiger partial charge in [-0.05, 0) is 43.4 Å². The van der Waals surface area contributed by atoms with E-state index in [-0.39, 0.29) is 5.91 Å². The number of carbonyl (C=O) groups is 1. The molecule has 2 nitrogen and oxygen atoms in total. The van der Waals surface area contributed by atoms with Gasteiger partial charge in [0.25, 0.3) is 0 Å². The molecular weight excluding hydrogens is 222 g/mol. The molecule has 0 bridgehead atoms. The molecule has 1 saturated carbocycles. The Morgan fingerprint density at radius 2 is 2.33 bits per heavy atom. The number of nitrogens with zero attached hydrogens (tertiary/aromatic N) is 1. The second-order valence-electron chi connectivity index (χ2n) is 5.65. The van der Waals surface area contributed by atoms with Gasteiger partial charge in [-0.3, -0.25) is 4.79 Å². The molecule has 2 unspecified atom stereocenters. The normalized spacial score (nSPS) is 29.9. The molecule has 3 atom stereocenters. The molecule has 2 aliphatic rings. The molecule has 0 saturated heterocycles. The minimum Gasteiger partial charge on any atom is -0.339 e. The summed E-state index contributed by atoms with van der Waals surface area (Å²) < 4.78 is 0. The molecule has 0 radical (unpaired) electrons.